The van der Waals surface area contributed by atoms with Gasteiger partial charge in [-0.05, 0) is 48.7 Å². The summed E-state index contributed by atoms with van der Waals surface area (Å²) >= 11 is 0. The number of nitro benzene ring substituents is 1. The van der Waals surface area contributed by atoms with Crippen molar-refractivity contribution in [3.05, 3.63) is 88.1 Å². The zero-order chi connectivity index (χ0) is 22.0. The standard InChI is InChI=1S/C22H22N4O4S/c1-2-25(19-6-4-3-5-7-19)31(29,30)21-10-11-22(23-15-21)24-13-12-17-8-9-20(26(27)28)14-18(17)16-24/h3-11,14-15H,2,12-13,16H2,1H3. The molecule has 0 unspecified atom stereocenters. The largest absolute Gasteiger partial charge is 0.352 e. The number of benzene rings is 2. The van der Waals surface area contributed by atoms with Gasteiger partial charge in [0.05, 0.1) is 10.6 Å². The van der Waals surface area contributed by atoms with Crippen LogP contribution in [0.15, 0.2) is 71.8 Å². The molecular formula is C22H22N4O4S. The number of fused-ring (bicyclic) bond motifs is 1. The molecule has 0 saturated carbocycles. The Hall–Kier alpha value is -3.46. The van der Waals surface area contributed by atoms with Crippen LogP contribution >= 0.6 is 0 Å². The van der Waals surface area contributed by atoms with Crippen molar-refractivity contribution in [2.24, 2.45) is 0 Å². The summed E-state index contributed by atoms with van der Waals surface area (Å²) in [4.78, 5) is 17.2. The van der Waals surface area contributed by atoms with Crippen molar-refractivity contribution in [3.63, 3.8) is 0 Å². The highest BCUT2D eigenvalue weighted by atomic mass is 32.2. The van der Waals surface area contributed by atoms with E-state index in [2.05, 4.69) is 4.98 Å². The average Bonchev–Trinajstić information content (AvgIpc) is 2.79. The van der Waals surface area contributed by atoms with Gasteiger partial charge in [0.1, 0.15) is 10.7 Å². The summed E-state index contributed by atoms with van der Waals surface area (Å²) in [5, 5.41) is 11.1. The number of hydrogen-bond acceptors (Lipinski definition) is 6. The Kier molecular flexibility index (Phi) is 5.60. The van der Waals surface area contributed by atoms with E-state index in [1.807, 2.05) is 11.0 Å². The highest BCUT2D eigenvalue weighted by Gasteiger charge is 2.25. The fourth-order valence-corrected chi connectivity index (χ4v) is 5.20. The average molecular weight is 439 g/mol. The minimum atomic E-state index is -3.74. The summed E-state index contributed by atoms with van der Waals surface area (Å²) < 4.78 is 27.6. The van der Waals surface area contributed by atoms with Gasteiger partial charge in [0, 0.05) is 38.0 Å². The van der Waals surface area contributed by atoms with E-state index in [0.717, 1.165) is 17.5 Å². The van der Waals surface area contributed by atoms with Gasteiger partial charge in [0.2, 0.25) is 0 Å². The molecule has 0 bridgehead atoms. The third-order valence-corrected chi connectivity index (χ3v) is 7.26. The van der Waals surface area contributed by atoms with E-state index in [9.17, 15) is 18.5 Å². The summed E-state index contributed by atoms with van der Waals surface area (Å²) in [5.74, 6) is 0.638. The molecule has 1 aliphatic heterocycles. The zero-order valence-corrected chi connectivity index (χ0v) is 17.8. The van der Waals surface area contributed by atoms with Gasteiger partial charge in [-0.15, -0.1) is 0 Å². The van der Waals surface area contributed by atoms with Crippen LogP contribution in [0.4, 0.5) is 17.2 Å². The van der Waals surface area contributed by atoms with Crippen molar-refractivity contribution in [2.45, 2.75) is 24.8 Å². The van der Waals surface area contributed by atoms with Crippen LogP contribution in [0.1, 0.15) is 18.1 Å². The lowest BCUT2D eigenvalue weighted by Gasteiger charge is -2.30. The maximum Gasteiger partial charge on any atom is 0.269 e. The van der Waals surface area contributed by atoms with Gasteiger partial charge in [0.15, 0.2) is 0 Å². The van der Waals surface area contributed by atoms with Crippen LogP contribution in [0.5, 0.6) is 0 Å². The number of aromatic nitrogens is 1. The maximum atomic E-state index is 13.1. The smallest absolute Gasteiger partial charge is 0.269 e. The third kappa shape index (κ3) is 4.09. The van der Waals surface area contributed by atoms with Gasteiger partial charge in [-0.2, -0.15) is 0 Å². The Morgan fingerprint density at radius 3 is 2.52 bits per heavy atom. The Balaban J connectivity index is 1.57. The number of rotatable bonds is 6. The summed E-state index contributed by atoms with van der Waals surface area (Å²) in [6.45, 7) is 3.28. The molecule has 31 heavy (non-hydrogen) atoms. The van der Waals surface area contributed by atoms with Crippen LogP contribution in [0, 0.1) is 10.1 Å². The second-order valence-corrected chi connectivity index (χ2v) is 9.10. The molecule has 1 aromatic heterocycles. The molecule has 2 aromatic carbocycles. The molecule has 0 aliphatic carbocycles. The monoisotopic (exact) mass is 438 g/mol. The van der Waals surface area contributed by atoms with Crippen molar-refractivity contribution in [1.29, 1.82) is 0 Å². The SMILES string of the molecule is CCN(c1ccccc1)S(=O)(=O)c1ccc(N2CCc3ccc([N+](=O)[O-])cc3C2)nc1. The summed E-state index contributed by atoms with van der Waals surface area (Å²) in [6, 6.07) is 17.1. The Morgan fingerprint density at radius 2 is 1.87 bits per heavy atom. The van der Waals surface area contributed by atoms with E-state index >= 15 is 0 Å². The number of hydrogen-bond donors (Lipinski definition) is 0. The predicted octanol–water partition coefficient (Wildman–Crippen LogP) is 3.77. The highest BCUT2D eigenvalue weighted by Crippen LogP contribution is 2.28. The van der Waals surface area contributed by atoms with Crippen LogP contribution in [0.2, 0.25) is 0 Å². The minimum absolute atomic E-state index is 0.0653. The number of non-ortho nitro benzene ring substituents is 1. The topological polar surface area (TPSA) is 96.7 Å². The van der Waals surface area contributed by atoms with Crippen molar-refractivity contribution >= 4 is 27.2 Å². The van der Waals surface area contributed by atoms with E-state index in [0.29, 0.717) is 31.1 Å². The summed E-state index contributed by atoms with van der Waals surface area (Å²) in [5.41, 5.74) is 2.64. The summed E-state index contributed by atoms with van der Waals surface area (Å²) in [7, 11) is -3.74. The van der Waals surface area contributed by atoms with E-state index in [4.69, 9.17) is 0 Å². The van der Waals surface area contributed by atoms with E-state index in [-0.39, 0.29) is 10.6 Å². The number of para-hydroxylation sites is 1. The van der Waals surface area contributed by atoms with Crippen LogP contribution < -0.4 is 9.21 Å². The van der Waals surface area contributed by atoms with Gasteiger partial charge in [-0.3, -0.25) is 14.4 Å². The first-order valence-electron chi connectivity index (χ1n) is 9.95. The predicted molar refractivity (Wildman–Crippen MR) is 119 cm³/mol. The van der Waals surface area contributed by atoms with Gasteiger partial charge >= 0.3 is 0 Å². The second kappa shape index (κ2) is 8.35. The van der Waals surface area contributed by atoms with Gasteiger partial charge in [-0.25, -0.2) is 13.4 Å². The molecular weight excluding hydrogens is 416 g/mol. The van der Waals surface area contributed by atoms with Crippen LogP contribution in [-0.4, -0.2) is 31.4 Å². The van der Waals surface area contributed by atoms with Crippen molar-refractivity contribution in [1.82, 2.24) is 4.98 Å². The van der Waals surface area contributed by atoms with Crippen molar-refractivity contribution in [3.8, 4) is 0 Å². The molecule has 2 heterocycles. The molecule has 0 radical (unpaired) electrons. The number of nitrogens with zero attached hydrogens (tertiary/aromatic N) is 4. The van der Waals surface area contributed by atoms with E-state index in [1.54, 1.807) is 55.5 Å². The molecule has 8 nitrogen and oxygen atoms in total. The van der Waals surface area contributed by atoms with E-state index < -0.39 is 14.9 Å². The second-order valence-electron chi connectivity index (χ2n) is 7.24. The lowest BCUT2D eigenvalue weighted by molar-refractivity contribution is -0.384. The van der Waals surface area contributed by atoms with Gasteiger partial charge < -0.3 is 4.90 Å². The molecule has 160 valence electrons. The zero-order valence-electron chi connectivity index (χ0n) is 17.0. The van der Waals surface area contributed by atoms with Gasteiger partial charge in [-0.1, -0.05) is 24.3 Å². The van der Waals surface area contributed by atoms with Crippen LogP contribution in [0.3, 0.4) is 0 Å². The third-order valence-electron chi connectivity index (χ3n) is 5.38. The Labute approximate surface area is 181 Å². The van der Waals surface area contributed by atoms with Gasteiger partial charge in [0.25, 0.3) is 15.7 Å². The lowest BCUT2D eigenvalue weighted by Crippen LogP contribution is -2.32. The molecule has 0 atom stereocenters. The molecule has 9 heteroatoms. The highest BCUT2D eigenvalue weighted by molar-refractivity contribution is 7.92. The number of pyridine rings is 1. The molecule has 0 N–H and O–H groups in total. The molecule has 3 aromatic rings. The molecule has 4 rings (SSSR count). The number of sulfonamides is 1. The first-order chi connectivity index (χ1) is 14.9. The molecule has 0 amide bonds. The number of nitro groups is 1. The summed E-state index contributed by atoms with van der Waals surface area (Å²) in [6.07, 6.45) is 2.12. The number of anilines is 2. The molecule has 0 saturated heterocycles. The fourth-order valence-electron chi connectivity index (χ4n) is 3.78. The molecule has 0 fully saturated rings. The van der Waals surface area contributed by atoms with Crippen LogP contribution in [0.25, 0.3) is 0 Å². The van der Waals surface area contributed by atoms with Crippen molar-refractivity contribution in [2.75, 3.05) is 22.3 Å². The fraction of sp³-hybridized carbons (Fsp3) is 0.227. The Morgan fingerprint density at radius 1 is 1.10 bits per heavy atom. The maximum absolute atomic E-state index is 13.1. The minimum Gasteiger partial charge on any atom is -0.352 e. The first kappa shape index (κ1) is 20.8. The quantitative estimate of drug-likeness (QED) is 0.429. The van der Waals surface area contributed by atoms with Crippen molar-refractivity contribution < 1.29 is 13.3 Å². The van der Waals surface area contributed by atoms with Crippen LogP contribution in [-0.2, 0) is 23.0 Å². The lowest BCUT2D eigenvalue weighted by atomic mass is 9.99. The first-order valence-corrected chi connectivity index (χ1v) is 11.4. The molecule has 0 spiro atoms. The Bertz CT molecular complexity index is 1200. The normalized spacial score (nSPS) is 13.5. The molecule has 1 aliphatic rings. The van der Waals surface area contributed by atoms with E-state index in [1.165, 1.54) is 16.6 Å².